The molecule has 1 aliphatic heterocycles. The van der Waals surface area contributed by atoms with Gasteiger partial charge in [0.2, 0.25) is 15.9 Å². The number of aryl methyl sites for hydroxylation is 1. The van der Waals surface area contributed by atoms with Gasteiger partial charge in [-0.15, -0.1) is 0 Å². The molecule has 8 heteroatoms. The first-order valence-corrected chi connectivity index (χ1v) is 10.9. The maximum atomic E-state index is 12.7. The van der Waals surface area contributed by atoms with E-state index < -0.39 is 10.0 Å². The van der Waals surface area contributed by atoms with Gasteiger partial charge in [0.25, 0.3) is 0 Å². The minimum absolute atomic E-state index is 0.0571. The fraction of sp³-hybridized carbons (Fsp3) is 0.556. The quantitative estimate of drug-likeness (QED) is 0.793. The second-order valence-electron chi connectivity index (χ2n) is 7.02. The molecule has 26 heavy (non-hydrogen) atoms. The van der Waals surface area contributed by atoms with E-state index in [0.29, 0.717) is 26.1 Å². The van der Waals surface area contributed by atoms with Crippen LogP contribution in [0.1, 0.15) is 26.2 Å². The van der Waals surface area contributed by atoms with E-state index in [2.05, 4.69) is 16.6 Å². The molecule has 2 heterocycles. The average molecular weight is 378 g/mol. The minimum atomic E-state index is -3.28. The highest BCUT2D eigenvalue weighted by atomic mass is 32.2. The molecular formula is C18H26N4O3S. The van der Waals surface area contributed by atoms with Crippen molar-refractivity contribution in [3.63, 3.8) is 0 Å². The number of carbonyl (C=O) groups excluding carboxylic acids is 1. The zero-order valence-electron chi connectivity index (χ0n) is 15.3. The first-order valence-electron chi connectivity index (χ1n) is 9.02. The number of carbonyl (C=O) groups is 1. The molecule has 7 nitrogen and oxygen atoms in total. The predicted molar refractivity (Wildman–Crippen MR) is 101 cm³/mol. The first kappa shape index (κ1) is 18.8. The molecule has 0 radical (unpaired) electrons. The molecule has 0 aliphatic carbocycles. The molecule has 1 aliphatic rings. The molecule has 1 fully saturated rings. The van der Waals surface area contributed by atoms with Crippen molar-refractivity contribution in [3.05, 3.63) is 30.6 Å². The van der Waals surface area contributed by atoms with Gasteiger partial charge in [0, 0.05) is 32.1 Å². The zero-order chi connectivity index (χ0) is 18.7. The van der Waals surface area contributed by atoms with E-state index in [0.717, 1.165) is 23.9 Å². The number of fused-ring (bicyclic) bond motifs is 1. The topological polar surface area (TPSA) is 84.3 Å². The van der Waals surface area contributed by atoms with E-state index in [-0.39, 0.29) is 17.9 Å². The first-order chi connectivity index (χ1) is 12.4. The Morgan fingerprint density at radius 3 is 2.81 bits per heavy atom. The largest absolute Gasteiger partial charge is 0.341 e. The van der Waals surface area contributed by atoms with Crippen molar-refractivity contribution in [2.75, 3.05) is 19.3 Å². The fourth-order valence-corrected chi connectivity index (χ4v) is 4.53. The summed E-state index contributed by atoms with van der Waals surface area (Å²) in [6.07, 6.45) is 5.18. The highest BCUT2D eigenvalue weighted by molar-refractivity contribution is 7.88. The van der Waals surface area contributed by atoms with E-state index in [1.165, 1.54) is 6.26 Å². The van der Waals surface area contributed by atoms with Crippen LogP contribution in [0.3, 0.4) is 0 Å². The molecule has 2 unspecified atom stereocenters. The summed E-state index contributed by atoms with van der Waals surface area (Å²) >= 11 is 0. The maximum absolute atomic E-state index is 12.7. The normalized spacial score (nSPS) is 20.8. The summed E-state index contributed by atoms with van der Waals surface area (Å²) in [6, 6.07) is 7.65. The van der Waals surface area contributed by atoms with Gasteiger partial charge in [-0.3, -0.25) is 4.79 Å². The smallest absolute Gasteiger partial charge is 0.224 e. The van der Waals surface area contributed by atoms with Gasteiger partial charge in [0.15, 0.2) is 0 Å². The number of para-hydroxylation sites is 2. The van der Waals surface area contributed by atoms with Gasteiger partial charge in [-0.1, -0.05) is 25.5 Å². The Balaban J connectivity index is 1.62. The van der Waals surface area contributed by atoms with Crippen LogP contribution in [0.4, 0.5) is 0 Å². The van der Waals surface area contributed by atoms with Crippen LogP contribution in [0.15, 0.2) is 30.6 Å². The van der Waals surface area contributed by atoms with E-state index in [9.17, 15) is 13.2 Å². The Kier molecular flexibility index (Phi) is 5.62. The summed E-state index contributed by atoms with van der Waals surface area (Å²) in [4.78, 5) is 18.8. The number of nitrogens with one attached hydrogen (secondary N) is 1. The summed E-state index contributed by atoms with van der Waals surface area (Å²) in [5, 5.41) is 0. The molecular weight excluding hydrogens is 352 g/mol. The summed E-state index contributed by atoms with van der Waals surface area (Å²) in [7, 11) is -3.28. The van der Waals surface area contributed by atoms with Gasteiger partial charge >= 0.3 is 0 Å². The fourth-order valence-electron chi connectivity index (χ4n) is 3.71. The minimum Gasteiger partial charge on any atom is -0.341 e. The molecule has 1 aromatic carbocycles. The van der Waals surface area contributed by atoms with Gasteiger partial charge in [-0.2, -0.15) is 0 Å². The lowest BCUT2D eigenvalue weighted by atomic mass is 9.99. The number of likely N-dealkylation sites (tertiary alicyclic amines) is 1. The van der Waals surface area contributed by atoms with Crippen LogP contribution in [-0.4, -0.2) is 54.2 Å². The Bertz CT molecular complexity index is 877. The van der Waals surface area contributed by atoms with Crippen LogP contribution in [0.25, 0.3) is 11.0 Å². The van der Waals surface area contributed by atoms with Crippen LogP contribution in [-0.2, 0) is 21.4 Å². The van der Waals surface area contributed by atoms with Crippen LogP contribution in [0.5, 0.6) is 0 Å². The van der Waals surface area contributed by atoms with Crippen molar-refractivity contribution < 1.29 is 13.2 Å². The lowest BCUT2D eigenvalue weighted by Gasteiger charge is -2.17. The molecule has 3 rings (SSSR count). The van der Waals surface area contributed by atoms with E-state index in [1.54, 1.807) is 11.2 Å². The molecule has 1 N–H and O–H groups in total. The number of hydrogen-bond acceptors (Lipinski definition) is 4. The predicted octanol–water partition coefficient (Wildman–Crippen LogP) is 1.60. The number of rotatable bonds is 7. The van der Waals surface area contributed by atoms with Gasteiger partial charge in [0.1, 0.15) is 0 Å². The number of aromatic nitrogens is 2. The average Bonchev–Trinajstić information content (AvgIpc) is 3.16. The summed E-state index contributed by atoms with van der Waals surface area (Å²) < 4.78 is 27.9. The summed E-state index contributed by atoms with van der Waals surface area (Å²) in [6.45, 7) is 3.70. The lowest BCUT2D eigenvalue weighted by Crippen LogP contribution is -2.40. The molecule has 142 valence electrons. The Hall–Kier alpha value is -1.93. The van der Waals surface area contributed by atoms with Crippen LogP contribution in [0, 0.1) is 5.92 Å². The van der Waals surface area contributed by atoms with Gasteiger partial charge in [0.05, 0.1) is 23.6 Å². The highest BCUT2D eigenvalue weighted by Crippen LogP contribution is 2.23. The second-order valence-corrected chi connectivity index (χ2v) is 8.80. The van der Waals surface area contributed by atoms with Crippen molar-refractivity contribution in [1.82, 2.24) is 19.2 Å². The molecule has 0 bridgehead atoms. The van der Waals surface area contributed by atoms with Crippen molar-refractivity contribution in [2.45, 2.75) is 38.8 Å². The molecule has 2 atom stereocenters. The molecule has 1 aromatic heterocycles. The Morgan fingerprint density at radius 2 is 2.08 bits per heavy atom. The molecule has 1 amide bonds. The monoisotopic (exact) mass is 378 g/mol. The number of nitrogens with zero attached hydrogens (tertiary/aromatic N) is 3. The number of amides is 1. The third-order valence-corrected chi connectivity index (χ3v) is 5.64. The number of imidazole rings is 1. The van der Waals surface area contributed by atoms with Crippen LogP contribution < -0.4 is 4.72 Å². The molecule has 0 spiro atoms. The SMILES string of the molecule is CCCC1CN(C(=O)CCn2cnc3ccccc32)CC1NS(C)(=O)=O. The Labute approximate surface area is 154 Å². The molecule has 0 saturated carbocycles. The summed E-state index contributed by atoms with van der Waals surface area (Å²) in [5.74, 6) is 0.231. The van der Waals surface area contributed by atoms with E-state index in [4.69, 9.17) is 0 Å². The van der Waals surface area contributed by atoms with Crippen molar-refractivity contribution in [3.8, 4) is 0 Å². The Morgan fingerprint density at radius 1 is 1.31 bits per heavy atom. The molecule has 2 aromatic rings. The third kappa shape index (κ3) is 4.42. The van der Waals surface area contributed by atoms with Gasteiger partial charge < -0.3 is 9.47 Å². The number of hydrogen-bond donors (Lipinski definition) is 1. The van der Waals surface area contributed by atoms with Crippen molar-refractivity contribution in [2.24, 2.45) is 5.92 Å². The zero-order valence-corrected chi connectivity index (χ0v) is 16.1. The highest BCUT2D eigenvalue weighted by Gasteiger charge is 2.35. The van der Waals surface area contributed by atoms with Gasteiger partial charge in [-0.05, 0) is 24.5 Å². The lowest BCUT2D eigenvalue weighted by molar-refractivity contribution is -0.130. The molecule has 1 saturated heterocycles. The number of benzene rings is 1. The summed E-state index contributed by atoms with van der Waals surface area (Å²) in [5.41, 5.74) is 1.93. The third-order valence-electron chi connectivity index (χ3n) is 4.91. The van der Waals surface area contributed by atoms with Crippen molar-refractivity contribution in [1.29, 1.82) is 0 Å². The van der Waals surface area contributed by atoms with E-state index in [1.807, 2.05) is 28.8 Å². The van der Waals surface area contributed by atoms with Gasteiger partial charge in [-0.25, -0.2) is 18.1 Å². The van der Waals surface area contributed by atoms with E-state index >= 15 is 0 Å². The maximum Gasteiger partial charge on any atom is 0.224 e. The standard InChI is InChI=1S/C18H26N4O3S/c1-3-6-14-11-22(12-16(14)20-26(2,24)25)18(23)9-10-21-13-19-15-7-4-5-8-17(15)21/h4-5,7-8,13-14,16,20H,3,6,9-12H2,1-2H3. The van der Waals surface area contributed by atoms with Crippen molar-refractivity contribution >= 4 is 27.0 Å². The van der Waals surface area contributed by atoms with Crippen LogP contribution >= 0.6 is 0 Å². The van der Waals surface area contributed by atoms with Crippen LogP contribution in [0.2, 0.25) is 0 Å². The number of sulfonamides is 1. The second kappa shape index (κ2) is 7.75.